The lowest BCUT2D eigenvalue weighted by Gasteiger charge is -2.41. The van der Waals surface area contributed by atoms with Gasteiger partial charge in [0, 0.05) is 30.6 Å². The van der Waals surface area contributed by atoms with E-state index in [0.717, 1.165) is 64.7 Å². The molecule has 34 heavy (non-hydrogen) atoms. The van der Waals surface area contributed by atoms with Crippen LogP contribution in [0.2, 0.25) is 0 Å². The predicted octanol–water partition coefficient (Wildman–Crippen LogP) is 3.58. The number of hydrogen-bond acceptors (Lipinski definition) is 4. The molecule has 2 N–H and O–H groups in total. The molecule has 1 spiro atoms. The number of halogens is 3. The maximum atomic E-state index is 14.4. The molecule has 5 rings (SSSR count). The number of hydrogen-bond donors (Lipinski definition) is 2. The fourth-order valence-electron chi connectivity index (χ4n) is 7.82. The van der Waals surface area contributed by atoms with Crippen molar-refractivity contribution in [3.8, 4) is 0 Å². The summed E-state index contributed by atoms with van der Waals surface area (Å²) in [5, 5.41) is 6.79. The molecule has 194 valence electrons. The van der Waals surface area contributed by atoms with Crippen LogP contribution in [0.25, 0.3) is 0 Å². The summed E-state index contributed by atoms with van der Waals surface area (Å²) in [7, 11) is 0. The fraction of sp³-hybridized carbons (Fsp3) is 0.962. The number of carbonyl (C=O) groups is 1. The van der Waals surface area contributed by atoms with Gasteiger partial charge in [0.25, 0.3) is 6.43 Å². The molecule has 3 saturated heterocycles. The van der Waals surface area contributed by atoms with Crippen molar-refractivity contribution in [3.63, 3.8) is 0 Å². The molecule has 0 aromatic heterocycles. The van der Waals surface area contributed by atoms with Crippen LogP contribution in [0.4, 0.5) is 13.2 Å². The molecular formula is C26H43F3N4O. The van der Waals surface area contributed by atoms with Gasteiger partial charge in [0.15, 0.2) is 0 Å². The molecule has 2 saturated carbocycles. The lowest BCUT2D eigenvalue weighted by Crippen LogP contribution is -2.51. The van der Waals surface area contributed by atoms with Crippen molar-refractivity contribution in [2.45, 2.75) is 108 Å². The van der Waals surface area contributed by atoms with Gasteiger partial charge in [-0.05, 0) is 95.2 Å². The number of nitrogens with one attached hydrogen (secondary N) is 2. The Bertz CT molecular complexity index is 698. The van der Waals surface area contributed by atoms with Crippen molar-refractivity contribution in [1.29, 1.82) is 0 Å². The van der Waals surface area contributed by atoms with E-state index < -0.39 is 12.6 Å². The van der Waals surface area contributed by atoms with Gasteiger partial charge in [-0.1, -0.05) is 6.92 Å². The minimum absolute atomic E-state index is 0.0218. The molecular weight excluding hydrogens is 441 g/mol. The van der Waals surface area contributed by atoms with Crippen molar-refractivity contribution in [2.24, 2.45) is 17.3 Å². The Labute approximate surface area is 202 Å². The zero-order valence-corrected chi connectivity index (χ0v) is 20.7. The first kappa shape index (κ1) is 24.8. The molecule has 7 atom stereocenters. The highest BCUT2D eigenvalue weighted by atomic mass is 19.3. The Morgan fingerprint density at radius 1 is 1.09 bits per heavy atom. The maximum absolute atomic E-state index is 14.4. The highest BCUT2D eigenvalue weighted by Crippen LogP contribution is 2.43. The highest BCUT2D eigenvalue weighted by Gasteiger charge is 2.47. The summed E-state index contributed by atoms with van der Waals surface area (Å²) in [5.74, 6) is 0.467. The van der Waals surface area contributed by atoms with Crippen LogP contribution in [0.15, 0.2) is 0 Å². The van der Waals surface area contributed by atoms with Gasteiger partial charge < -0.3 is 10.6 Å². The summed E-state index contributed by atoms with van der Waals surface area (Å²) in [6.07, 6.45) is 6.63. The third-order valence-corrected chi connectivity index (χ3v) is 9.94. The fourth-order valence-corrected chi connectivity index (χ4v) is 7.82. The number of nitrogens with zero attached hydrogens (tertiary/aromatic N) is 2. The summed E-state index contributed by atoms with van der Waals surface area (Å²) in [5.41, 5.74) is 0.290. The minimum atomic E-state index is -2.24. The summed E-state index contributed by atoms with van der Waals surface area (Å²) < 4.78 is 39.9. The molecule has 5 nitrogen and oxygen atoms in total. The molecule has 7 unspecified atom stereocenters. The third-order valence-electron chi connectivity index (χ3n) is 9.94. The van der Waals surface area contributed by atoms with Crippen LogP contribution >= 0.6 is 0 Å². The number of fused-ring (bicyclic) bond motifs is 1. The summed E-state index contributed by atoms with van der Waals surface area (Å²) in [6, 6.07) is 0.555. The average molecular weight is 485 g/mol. The second-order valence-electron chi connectivity index (χ2n) is 12.2. The SMILES string of the molecule is CC1CCC(F)C2CC(C(=O)NC3CCCC(N4CCC5(CCN(CC(F)F)CC5)C4)C3)NC12. The normalized spacial score (nSPS) is 41.1. The van der Waals surface area contributed by atoms with Crippen molar-refractivity contribution < 1.29 is 18.0 Å². The lowest BCUT2D eigenvalue weighted by molar-refractivity contribution is -0.124. The number of likely N-dealkylation sites (tertiary alicyclic amines) is 2. The molecule has 3 heterocycles. The molecule has 0 aromatic carbocycles. The van der Waals surface area contributed by atoms with E-state index in [9.17, 15) is 18.0 Å². The Morgan fingerprint density at radius 2 is 1.85 bits per heavy atom. The van der Waals surface area contributed by atoms with E-state index in [0.29, 0.717) is 30.2 Å². The third kappa shape index (κ3) is 5.29. The van der Waals surface area contributed by atoms with E-state index in [-0.39, 0.29) is 36.5 Å². The van der Waals surface area contributed by atoms with Crippen LogP contribution in [0.1, 0.15) is 71.1 Å². The van der Waals surface area contributed by atoms with Crippen LogP contribution in [0, 0.1) is 17.3 Å². The van der Waals surface area contributed by atoms with Gasteiger partial charge in [-0.15, -0.1) is 0 Å². The second-order valence-corrected chi connectivity index (χ2v) is 12.2. The van der Waals surface area contributed by atoms with Gasteiger partial charge in [-0.3, -0.25) is 14.6 Å². The smallest absolute Gasteiger partial charge is 0.251 e. The lowest BCUT2D eigenvalue weighted by atomic mass is 9.77. The largest absolute Gasteiger partial charge is 0.352 e. The predicted molar refractivity (Wildman–Crippen MR) is 127 cm³/mol. The van der Waals surface area contributed by atoms with Crippen LogP contribution in [0.5, 0.6) is 0 Å². The highest BCUT2D eigenvalue weighted by molar-refractivity contribution is 5.82. The molecule has 5 aliphatic rings. The van der Waals surface area contributed by atoms with E-state index in [2.05, 4.69) is 22.5 Å². The number of amides is 1. The average Bonchev–Trinajstić information content (AvgIpc) is 3.44. The molecule has 3 aliphatic heterocycles. The van der Waals surface area contributed by atoms with Crippen molar-refractivity contribution in [1.82, 2.24) is 20.4 Å². The van der Waals surface area contributed by atoms with Crippen molar-refractivity contribution in [3.05, 3.63) is 0 Å². The Balaban J connectivity index is 1.10. The number of piperidine rings is 1. The van der Waals surface area contributed by atoms with Crippen LogP contribution in [0.3, 0.4) is 0 Å². The van der Waals surface area contributed by atoms with Gasteiger partial charge in [0.05, 0.1) is 12.6 Å². The van der Waals surface area contributed by atoms with Crippen LogP contribution in [-0.4, -0.2) is 85.2 Å². The molecule has 1 amide bonds. The minimum Gasteiger partial charge on any atom is -0.352 e. The molecule has 5 fully saturated rings. The maximum Gasteiger partial charge on any atom is 0.251 e. The first-order valence-corrected chi connectivity index (χ1v) is 13.8. The Morgan fingerprint density at radius 3 is 2.59 bits per heavy atom. The molecule has 0 aromatic rings. The molecule has 0 radical (unpaired) electrons. The molecule has 8 heteroatoms. The van der Waals surface area contributed by atoms with E-state index in [4.69, 9.17) is 0 Å². The van der Waals surface area contributed by atoms with Gasteiger partial charge in [0.2, 0.25) is 5.91 Å². The number of alkyl halides is 3. The standard InChI is InChI=1S/C26H43F3N4O/c1-17-5-6-21(27)20-14-22(31-24(17)20)25(34)30-18-3-2-4-19(13-18)33-12-9-26(16-33)7-10-32(11-8-26)15-23(28)29/h17-24,31H,2-16H2,1H3,(H,30,34). The quantitative estimate of drug-likeness (QED) is 0.626. The Hall–Kier alpha value is -0.860. The van der Waals surface area contributed by atoms with E-state index in [1.807, 2.05) is 4.90 Å². The van der Waals surface area contributed by atoms with E-state index >= 15 is 0 Å². The topological polar surface area (TPSA) is 47.6 Å². The monoisotopic (exact) mass is 484 g/mol. The summed E-state index contributed by atoms with van der Waals surface area (Å²) in [4.78, 5) is 17.6. The van der Waals surface area contributed by atoms with Crippen LogP contribution < -0.4 is 10.6 Å². The second kappa shape index (κ2) is 10.3. The first-order valence-electron chi connectivity index (χ1n) is 13.8. The number of rotatable bonds is 5. The first-order chi connectivity index (χ1) is 16.3. The van der Waals surface area contributed by atoms with Crippen LogP contribution in [-0.2, 0) is 4.79 Å². The van der Waals surface area contributed by atoms with Crippen molar-refractivity contribution in [2.75, 3.05) is 32.7 Å². The molecule has 2 aliphatic carbocycles. The van der Waals surface area contributed by atoms with Crippen molar-refractivity contribution >= 4 is 5.91 Å². The van der Waals surface area contributed by atoms with Gasteiger partial charge in [-0.25, -0.2) is 13.2 Å². The zero-order chi connectivity index (χ0) is 23.9. The zero-order valence-electron chi connectivity index (χ0n) is 20.7. The summed E-state index contributed by atoms with van der Waals surface area (Å²) >= 11 is 0. The van der Waals surface area contributed by atoms with E-state index in [1.165, 1.54) is 12.8 Å². The van der Waals surface area contributed by atoms with Gasteiger partial charge >= 0.3 is 0 Å². The summed E-state index contributed by atoms with van der Waals surface area (Å²) in [6.45, 7) is 5.82. The van der Waals surface area contributed by atoms with Gasteiger partial charge in [0.1, 0.15) is 6.17 Å². The van der Waals surface area contributed by atoms with E-state index in [1.54, 1.807) is 0 Å². The Kier molecular flexibility index (Phi) is 7.48. The molecule has 0 bridgehead atoms. The number of carbonyl (C=O) groups excluding carboxylic acids is 1. The van der Waals surface area contributed by atoms with Gasteiger partial charge in [-0.2, -0.15) is 0 Å².